The third-order valence-corrected chi connectivity index (χ3v) is 4.37. The van der Waals surface area contributed by atoms with Crippen molar-refractivity contribution in [1.29, 1.82) is 0 Å². The van der Waals surface area contributed by atoms with Crippen molar-refractivity contribution in [3.8, 4) is 0 Å². The number of rotatable bonds is 4. The van der Waals surface area contributed by atoms with Crippen LogP contribution < -0.4 is 5.32 Å². The van der Waals surface area contributed by atoms with Gasteiger partial charge in [0.2, 0.25) is 0 Å². The summed E-state index contributed by atoms with van der Waals surface area (Å²) in [6.45, 7) is 0.932. The molecule has 2 aromatic carbocycles. The Labute approximate surface area is 117 Å². The SMILES string of the molecule is CNCc1ccc(Cc2csc3ccccc23)cc1. The number of thiophene rings is 1. The fraction of sp³-hybridized carbons (Fsp3) is 0.176. The summed E-state index contributed by atoms with van der Waals surface area (Å²) in [5.74, 6) is 0. The van der Waals surface area contributed by atoms with Crippen molar-refractivity contribution in [1.82, 2.24) is 5.32 Å². The van der Waals surface area contributed by atoms with Crippen molar-refractivity contribution in [2.24, 2.45) is 0 Å². The molecule has 0 spiro atoms. The van der Waals surface area contributed by atoms with Gasteiger partial charge < -0.3 is 5.32 Å². The van der Waals surface area contributed by atoms with E-state index in [4.69, 9.17) is 0 Å². The number of fused-ring (bicyclic) bond motifs is 1. The Bertz CT molecular complexity index is 667. The van der Waals surface area contributed by atoms with Crippen LogP contribution in [0.5, 0.6) is 0 Å². The predicted molar refractivity (Wildman–Crippen MR) is 83.8 cm³/mol. The van der Waals surface area contributed by atoms with Gasteiger partial charge in [-0.3, -0.25) is 0 Å². The molecule has 0 amide bonds. The fourth-order valence-electron chi connectivity index (χ4n) is 2.37. The fourth-order valence-corrected chi connectivity index (χ4v) is 3.33. The Morgan fingerprint density at radius 3 is 2.47 bits per heavy atom. The molecule has 0 bridgehead atoms. The normalized spacial score (nSPS) is 11.0. The first-order valence-corrected chi connectivity index (χ1v) is 7.42. The molecule has 0 aliphatic carbocycles. The number of benzene rings is 2. The minimum atomic E-state index is 0.932. The zero-order chi connectivity index (χ0) is 13.1. The Morgan fingerprint density at radius 2 is 1.68 bits per heavy atom. The molecule has 0 fully saturated rings. The van der Waals surface area contributed by atoms with E-state index < -0.39 is 0 Å². The predicted octanol–water partition coefficient (Wildman–Crippen LogP) is 4.21. The van der Waals surface area contributed by atoms with Gasteiger partial charge in [-0.15, -0.1) is 11.3 Å². The van der Waals surface area contributed by atoms with Gasteiger partial charge in [0.25, 0.3) is 0 Å². The molecule has 19 heavy (non-hydrogen) atoms. The molecular weight excluding hydrogens is 250 g/mol. The van der Waals surface area contributed by atoms with Gasteiger partial charge in [0, 0.05) is 11.2 Å². The van der Waals surface area contributed by atoms with Crippen molar-refractivity contribution < 1.29 is 0 Å². The third kappa shape index (κ3) is 2.70. The molecule has 0 radical (unpaired) electrons. The summed E-state index contributed by atoms with van der Waals surface area (Å²) < 4.78 is 1.38. The highest BCUT2D eigenvalue weighted by molar-refractivity contribution is 7.17. The quantitative estimate of drug-likeness (QED) is 0.746. The Balaban J connectivity index is 1.84. The molecule has 0 saturated heterocycles. The van der Waals surface area contributed by atoms with E-state index in [0.717, 1.165) is 13.0 Å². The summed E-state index contributed by atoms with van der Waals surface area (Å²) in [5, 5.41) is 6.85. The van der Waals surface area contributed by atoms with Crippen molar-refractivity contribution >= 4 is 21.4 Å². The second-order valence-corrected chi connectivity index (χ2v) is 5.69. The maximum absolute atomic E-state index is 3.17. The summed E-state index contributed by atoms with van der Waals surface area (Å²) in [5.41, 5.74) is 4.15. The van der Waals surface area contributed by atoms with Crippen LogP contribution in [0.2, 0.25) is 0 Å². The van der Waals surface area contributed by atoms with Crippen LogP contribution in [-0.4, -0.2) is 7.05 Å². The van der Waals surface area contributed by atoms with E-state index in [-0.39, 0.29) is 0 Å². The second kappa shape index (κ2) is 5.55. The van der Waals surface area contributed by atoms with Crippen molar-refractivity contribution in [3.05, 3.63) is 70.6 Å². The van der Waals surface area contributed by atoms with E-state index >= 15 is 0 Å². The van der Waals surface area contributed by atoms with E-state index in [2.05, 4.69) is 59.2 Å². The molecule has 0 aliphatic rings. The minimum absolute atomic E-state index is 0.932. The first kappa shape index (κ1) is 12.4. The van der Waals surface area contributed by atoms with E-state index in [0.29, 0.717) is 0 Å². The molecule has 0 unspecified atom stereocenters. The summed E-state index contributed by atoms with van der Waals surface area (Å²) in [7, 11) is 1.98. The molecule has 1 N–H and O–H groups in total. The lowest BCUT2D eigenvalue weighted by Gasteiger charge is -2.03. The molecule has 0 atom stereocenters. The van der Waals surface area contributed by atoms with Crippen LogP contribution in [0.25, 0.3) is 10.1 Å². The van der Waals surface area contributed by atoms with Crippen molar-refractivity contribution in [2.75, 3.05) is 7.05 Å². The molecule has 96 valence electrons. The largest absolute Gasteiger partial charge is 0.316 e. The van der Waals surface area contributed by atoms with Gasteiger partial charge >= 0.3 is 0 Å². The van der Waals surface area contributed by atoms with Crippen LogP contribution in [0.1, 0.15) is 16.7 Å². The molecule has 1 aromatic heterocycles. The topological polar surface area (TPSA) is 12.0 Å². The zero-order valence-corrected chi connectivity index (χ0v) is 11.8. The average molecular weight is 267 g/mol. The number of hydrogen-bond donors (Lipinski definition) is 1. The number of nitrogens with one attached hydrogen (secondary N) is 1. The standard InChI is InChI=1S/C17H17NS/c1-18-11-14-8-6-13(7-9-14)10-15-12-19-17-5-3-2-4-16(15)17/h2-9,12,18H,10-11H2,1H3. The average Bonchev–Trinajstić information content (AvgIpc) is 2.85. The number of hydrogen-bond acceptors (Lipinski definition) is 2. The molecule has 3 rings (SSSR count). The molecule has 2 heteroatoms. The monoisotopic (exact) mass is 267 g/mol. The third-order valence-electron chi connectivity index (χ3n) is 3.36. The van der Waals surface area contributed by atoms with Crippen molar-refractivity contribution in [2.45, 2.75) is 13.0 Å². The van der Waals surface area contributed by atoms with Crippen LogP contribution in [0.4, 0.5) is 0 Å². The first-order valence-electron chi connectivity index (χ1n) is 6.54. The lowest BCUT2D eigenvalue weighted by atomic mass is 10.0. The molecule has 0 aliphatic heterocycles. The van der Waals surface area contributed by atoms with Crippen molar-refractivity contribution in [3.63, 3.8) is 0 Å². The summed E-state index contributed by atoms with van der Waals surface area (Å²) in [6, 6.07) is 17.5. The first-order chi connectivity index (χ1) is 9.36. The highest BCUT2D eigenvalue weighted by Crippen LogP contribution is 2.27. The highest BCUT2D eigenvalue weighted by atomic mass is 32.1. The van der Waals surface area contributed by atoms with Crippen LogP contribution in [0, 0.1) is 0 Å². The maximum Gasteiger partial charge on any atom is 0.0345 e. The van der Waals surface area contributed by atoms with Gasteiger partial charge in [-0.2, -0.15) is 0 Å². The van der Waals surface area contributed by atoms with E-state index in [9.17, 15) is 0 Å². The lowest BCUT2D eigenvalue weighted by molar-refractivity contribution is 0.817. The van der Waals surface area contributed by atoms with Gasteiger partial charge in [-0.25, -0.2) is 0 Å². The zero-order valence-electron chi connectivity index (χ0n) is 11.0. The van der Waals surface area contributed by atoms with Crippen LogP contribution >= 0.6 is 11.3 Å². The van der Waals surface area contributed by atoms with E-state index in [1.54, 1.807) is 0 Å². The van der Waals surface area contributed by atoms with E-state index in [1.807, 2.05) is 18.4 Å². The molecule has 1 heterocycles. The second-order valence-electron chi connectivity index (χ2n) is 4.78. The Morgan fingerprint density at radius 1 is 0.947 bits per heavy atom. The Hall–Kier alpha value is -1.64. The van der Waals surface area contributed by atoms with Crippen LogP contribution in [0.3, 0.4) is 0 Å². The minimum Gasteiger partial charge on any atom is -0.316 e. The summed E-state index contributed by atoms with van der Waals surface area (Å²) >= 11 is 1.83. The van der Waals surface area contributed by atoms with Gasteiger partial charge in [0.15, 0.2) is 0 Å². The highest BCUT2D eigenvalue weighted by Gasteiger charge is 2.04. The smallest absolute Gasteiger partial charge is 0.0345 e. The molecule has 0 saturated carbocycles. The maximum atomic E-state index is 3.17. The van der Waals surface area contributed by atoms with Gasteiger partial charge in [0.1, 0.15) is 0 Å². The lowest BCUT2D eigenvalue weighted by Crippen LogP contribution is -2.04. The van der Waals surface area contributed by atoms with Gasteiger partial charge in [-0.05, 0) is 47.0 Å². The van der Waals surface area contributed by atoms with Gasteiger partial charge in [-0.1, -0.05) is 42.5 Å². The Kier molecular flexibility index (Phi) is 3.62. The molecular formula is C17H17NS. The summed E-state index contributed by atoms with van der Waals surface area (Å²) in [4.78, 5) is 0. The van der Waals surface area contributed by atoms with Crippen LogP contribution in [-0.2, 0) is 13.0 Å². The van der Waals surface area contributed by atoms with Crippen LogP contribution in [0.15, 0.2) is 53.9 Å². The molecule has 1 nitrogen and oxygen atoms in total. The van der Waals surface area contributed by atoms with E-state index in [1.165, 1.54) is 26.8 Å². The van der Waals surface area contributed by atoms with Gasteiger partial charge in [0.05, 0.1) is 0 Å². The molecule has 3 aromatic rings. The summed E-state index contributed by atoms with van der Waals surface area (Å²) in [6.07, 6.45) is 1.02.